The molecule has 72 valence electrons. The number of hydrogen-bond donors (Lipinski definition) is 1. The lowest BCUT2D eigenvalue weighted by Crippen LogP contribution is -2.15. The van der Waals surface area contributed by atoms with Crippen LogP contribution in [0.4, 0.5) is 0 Å². The number of esters is 1. The van der Waals surface area contributed by atoms with Gasteiger partial charge < -0.3 is 9.72 Å². The normalized spacial score (nSPS) is 10.4. The average molecular weight is 209 g/mol. The Labute approximate surface area is 83.1 Å². The summed E-state index contributed by atoms with van der Waals surface area (Å²) >= 11 is 1.30. The third-order valence-electron chi connectivity index (χ3n) is 1.89. The summed E-state index contributed by atoms with van der Waals surface area (Å²) in [5, 5.41) is 1.80. The third kappa shape index (κ3) is 1.22. The lowest BCUT2D eigenvalue weighted by Gasteiger charge is -1.97. The summed E-state index contributed by atoms with van der Waals surface area (Å²) in [6.45, 7) is 0. The molecule has 0 unspecified atom stereocenters. The Balaban J connectivity index is 2.74. The molecular formula is C9H7NO3S. The predicted molar refractivity (Wildman–Crippen MR) is 53.8 cm³/mol. The van der Waals surface area contributed by atoms with Crippen molar-refractivity contribution in [3.05, 3.63) is 33.4 Å². The molecule has 5 heteroatoms. The first-order valence-corrected chi connectivity index (χ1v) is 4.79. The molecule has 14 heavy (non-hydrogen) atoms. The zero-order valence-corrected chi connectivity index (χ0v) is 8.18. The topological polar surface area (TPSA) is 59.2 Å². The van der Waals surface area contributed by atoms with Gasteiger partial charge in [-0.1, -0.05) is 0 Å². The molecular weight excluding hydrogens is 202 g/mol. The summed E-state index contributed by atoms with van der Waals surface area (Å²) in [5.41, 5.74) is 0.510. The maximum atomic E-state index is 11.7. The second-order valence-electron chi connectivity index (χ2n) is 2.69. The zero-order chi connectivity index (χ0) is 10.1. The number of nitrogens with one attached hydrogen (secondary N) is 1. The van der Waals surface area contributed by atoms with Gasteiger partial charge in [0, 0.05) is 6.20 Å². The van der Waals surface area contributed by atoms with Crippen LogP contribution in [0, 0.1) is 0 Å². The van der Waals surface area contributed by atoms with E-state index in [1.807, 2.05) is 0 Å². The molecule has 0 aromatic carbocycles. The minimum atomic E-state index is -0.610. The van der Waals surface area contributed by atoms with E-state index in [-0.39, 0.29) is 11.0 Å². The number of pyridine rings is 1. The number of H-pyrrole nitrogens is 1. The molecule has 2 heterocycles. The Morgan fingerprint density at radius 1 is 1.57 bits per heavy atom. The molecule has 0 aliphatic rings. The molecule has 2 aromatic rings. The Hall–Kier alpha value is -1.62. The van der Waals surface area contributed by atoms with Gasteiger partial charge in [0.25, 0.3) is 0 Å². The molecule has 0 fully saturated rings. The average Bonchev–Trinajstić information content (AvgIpc) is 2.66. The van der Waals surface area contributed by atoms with E-state index < -0.39 is 5.97 Å². The number of ether oxygens (including phenoxy) is 1. The smallest absolute Gasteiger partial charge is 0.343 e. The van der Waals surface area contributed by atoms with E-state index in [0.29, 0.717) is 4.70 Å². The van der Waals surface area contributed by atoms with Gasteiger partial charge in [-0.25, -0.2) is 4.79 Å². The van der Waals surface area contributed by atoms with Gasteiger partial charge in [0.1, 0.15) is 5.56 Å². The molecule has 4 nitrogen and oxygen atoms in total. The number of carbonyl (C=O) groups excluding carboxylic acids is 1. The van der Waals surface area contributed by atoms with Crippen molar-refractivity contribution in [2.75, 3.05) is 7.11 Å². The minimum absolute atomic E-state index is 0.0439. The minimum Gasteiger partial charge on any atom is -0.465 e. The second kappa shape index (κ2) is 3.26. The number of aromatic nitrogens is 1. The van der Waals surface area contributed by atoms with E-state index in [1.165, 1.54) is 24.6 Å². The summed E-state index contributed by atoms with van der Waals surface area (Å²) in [4.78, 5) is 25.7. The molecule has 2 aromatic heterocycles. The summed E-state index contributed by atoms with van der Waals surface area (Å²) in [7, 11) is 1.25. The predicted octanol–water partition coefficient (Wildman–Crippen LogP) is 1.38. The van der Waals surface area contributed by atoms with Gasteiger partial charge in [0.2, 0.25) is 5.43 Å². The summed E-state index contributed by atoms with van der Waals surface area (Å²) in [5.74, 6) is -0.610. The molecule has 1 N–H and O–H groups in total. The number of thiophene rings is 1. The second-order valence-corrected chi connectivity index (χ2v) is 3.60. The van der Waals surface area contributed by atoms with Gasteiger partial charge in [-0.05, 0) is 11.4 Å². The maximum Gasteiger partial charge on any atom is 0.343 e. The molecule has 0 radical (unpaired) electrons. The van der Waals surface area contributed by atoms with Gasteiger partial charge in [-0.15, -0.1) is 11.3 Å². The van der Waals surface area contributed by atoms with Crippen LogP contribution in [0.5, 0.6) is 0 Å². The van der Waals surface area contributed by atoms with Crippen LogP contribution in [0.1, 0.15) is 10.4 Å². The number of methoxy groups -OCH3 is 1. The number of rotatable bonds is 1. The number of carbonyl (C=O) groups is 1. The van der Waals surface area contributed by atoms with Crippen molar-refractivity contribution in [3.8, 4) is 0 Å². The number of hydrogen-bond acceptors (Lipinski definition) is 4. The fourth-order valence-electron chi connectivity index (χ4n) is 1.20. The van der Waals surface area contributed by atoms with Crippen molar-refractivity contribution in [2.24, 2.45) is 0 Å². The molecule has 0 atom stereocenters. The maximum absolute atomic E-state index is 11.7. The first-order chi connectivity index (χ1) is 6.74. The highest BCUT2D eigenvalue weighted by molar-refractivity contribution is 7.17. The Kier molecular flexibility index (Phi) is 2.09. The van der Waals surface area contributed by atoms with Crippen molar-refractivity contribution in [1.82, 2.24) is 4.98 Å². The first kappa shape index (κ1) is 8.96. The molecule has 0 aliphatic carbocycles. The SMILES string of the molecule is COC(=O)c1c[nH]c2ccsc2c1=O. The van der Waals surface area contributed by atoms with Crippen LogP contribution in [-0.4, -0.2) is 18.1 Å². The third-order valence-corrected chi connectivity index (χ3v) is 2.81. The van der Waals surface area contributed by atoms with E-state index in [4.69, 9.17) is 0 Å². The van der Waals surface area contributed by atoms with Crippen molar-refractivity contribution in [1.29, 1.82) is 0 Å². The van der Waals surface area contributed by atoms with Crippen molar-refractivity contribution in [3.63, 3.8) is 0 Å². The van der Waals surface area contributed by atoms with Crippen molar-refractivity contribution in [2.45, 2.75) is 0 Å². The molecule has 0 bridgehead atoms. The fraction of sp³-hybridized carbons (Fsp3) is 0.111. The zero-order valence-electron chi connectivity index (χ0n) is 7.37. The van der Waals surface area contributed by atoms with E-state index in [0.717, 1.165) is 5.52 Å². The van der Waals surface area contributed by atoms with E-state index in [1.54, 1.807) is 11.4 Å². The Morgan fingerprint density at radius 3 is 3.07 bits per heavy atom. The van der Waals surface area contributed by atoms with Gasteiger partial charge in [-0.3, -0.25) is 4.79 Å². The molecule has 0 spiro atoms. The van der Waals surface area contributed by atoms with E-state index in [2.05, 4.69) is 9.72 Å². The van der Waals surface area contributed by atoms with Crippen molar-refractivity contribution >= 4 is 27.5 Å². The van der Waals surface area contributed by atoms with Crippen LogP contribution in [0.2, 0.25) is 0 Å². The molecule has 0 saturated carbocycles. The van der Waals surface area contributed by atoms with E-state index in [9.17, 15) is 9.59 Å². The van der Waals surface area contributed by atoms with Crippen LogP contribution >= 0.6 is 11.3 Å². The molecule has 0 amide bonds. The fourth-order valence-corrected chi connectivity index (χ4v) is 2.01. The quantitative estimate of drug-likeness (QED) is 0.722. The molecule has 0 saturated heterocycles. The van der Waals surface area contributed by atoms with Gasteiger partial charge >= 0.3 is 5.97 Å². The number of fused-ring (bicyclic) bond motifs is 1. The van der Waals surface area contributed by atoms with Gasteiger partial charge in [0.15, 0.2) is 0 Å². The summed E-state index contributed by atoms with van der Waals surface area (Å²) in [6.07, 6.45) is 1.38. The van der Waals surface area contributed by atoms with Gasteiger partial charge in [-0.2, -0.15) is 0 Å². The van der Waals surface area contributed by atoms with Crippen LogP contribution < -0.4 is 5.43 Å². The van der Waals surface area contributed by atoms with Gasteiger partial charge in [0.05, 0.1) is 17.3 Å². The summed E-state index contributed by atoms with van der Waals surface area (Å²) < 4.78 is 5.04. The van der Waals surface area contributed by atoms with Crippen LogP contribution in [0.3, 0.4) is 0 Å². The van der Waals surface area contributed by atoms with Crippen LogP contribution in [0.25, 0.3) is 10.2 Å². The standard InChI is InChI=1S/C9H7NO3S/c1-13-9(12)5-4-10-6-2-3-14-8(6)7(5)11/h2-4H,1H3,(H,10,11). The lowest BCUT2D eigenvalue weighted by atomic mass is 10.2. The lowest BCUT2D eigenvalue weighted by molar-refractivity contribution is 0.0599. The molecule has 2 rings (SSSR count). The monoisotopic (exact) mass is 209 g/mol. The highest BCUT2D eigenvalue weighted by atomic mass is 32.1. The number of aromatic amines is 1. The van der Waals surface area contributed by atoms with Crippen LogP contribution in [-0.2, 0) is 4.74 Å². The highest BCUT2D eigenvalue weighted by Crippen LogP contribution is 2.14. The Bertz CT molecular complexity index is 540. The van der Waals surface area contributed by atoms with Crippen LogP contribution in [0.15, 0.2) is 22.4 Å². The Morgan fingerprint density at radius 2 is 2.36 bits per heavy atom. The largest absolute Gasteiger partial charge is 0.465 e. The molecule has 0 aliphatic heterocycles. The summed E-state index contributed by atoms with van der Waals surface area (Å²) in [6, 6.07) is 1.79. The first-order valence-electron chi connectivity index (χ1n) is 3.91. The highest BCUT2D eigenvalue weighted by Gasteiger charge is 2.13. The van der Waals surface area contributed by atoms with Crippen molar-refractivity contribution < 1.29 is 9.53 Å². The van der Waals surface area contributed by atoms with E-state index >= 15 is 0 Å².